The van der Waals surface area contributed by atoms with Crippen LogP contribution in [0.3, 0.4) is 0 Å². The molecule has 1 atom stereocenters. The van der Waals surface area contributed by atoms with Crippen LogP contribution in [0.25, 0.3) is 5.57 Å². The monoisotopic (exact) mass is 330 g/mol. The van der Waals surface area contributed by atoms with Crippen molar-refractivity contribution in [3.8, 4) is 11.8 Å². The van der Waals surface area contributed by atoms with Crippen LogP contribution in [0.15, 0.2) is 24.4 Å². The first-order valence-corrected chi connectivity index (χ1v) is 7.41. The highest BCUT2D eigenvalue weighted by atomic mass is 19.1. The van der Waals surface area contributed by atoms with E-state index in [0.29, 0.717) is 12.3 Å². The molecule has 1 aromatic carbocycles. The normalized spacial score (nSPS) is 17.5. The molecular weight excluding hydrogens is 315 g/mol. The van der Waals surface area contributed by atoms with Crippen molar-refractivity contribution in [1.82, 2.24) is 20.6 Å². The van der Waals surface area contributed by atoms with Gasteiger partial charge in [0, 0.05) is 24.6 Å². The second-order valence-corrected chi connectivity index (χ2v) is 5.14. The first-order chi connectivity index (χ1) is 11.8. The highest BCUT2D eigenvalue weighted by Gasteiger charge is 2.17. The Bertz CT molecular complexity index is 750. The number of H-pyrrole nitrogens is 1. The summed E-state index contributed by atoms with van der Waals surface area (Å²) in [7, 11) is 0. The van der Waals surface area contributed by atoms with E-state index in [4.69, 9.17) is 14.7 Å². The molecule has 8 nitrogen and oxygen atoms in total. The van der Waals surface area contributed by atoms with Crippen molar-refractivity contribution in [1.29, 1.82) is 5.26 Å². The number of nitrogens with one attached hydrogen (secondary N) is 2. The van der Waals surface area contributed by atoms with E-state index < -0.39 is 5.82 Å². The lowest BCUT2D eigenvalue weighted by atomic mass is 10.2. The Labute approximate surface area is 137 Å². The van der Waals surface area contributed by atoms with Crippen LogP contribution in [-0.2, 0) is 4.74 Å². The smallest absolute Gasteiger partial charge is 0.216 e. The Kier molecular flexibility index (Phi) is 4.98. The van der Waals surface area contributed by atoms with E-state index in [0.717, 1.165) is 19.4 Å². The number of benzene rings is 1. The largest absolute Gasteiger partial charge is 0.488 e. The number of ether oxygens (including phenoxy) is 2. The number of tetrazole rings is 1. The van der Waals surface area contributed by atoms with Crippen LogP contribution in [-0.4, -0.2) is 39.9 Å². The zero-order valence-electron chi connectivity index (χ0n) is 12.7. The van der Waals surface area contributed by atoms with Gasteiger partial charge in [-0.2, -0.15) is 10.5 Å². The van der Waals surface area contributed by atoms with Crippen molar-refractivity contribution in [3.63, 3.8) is 0 Å². The van der Waals surface area contributed by atoms with Gasteiger partial charge in [-0.05, 0) is 30.2 Å². The molecule has 0 saturated carbocycles. The number of rotatable bonds is 6. The van der Waals surface area contributed by atoms with E-state index in [1.54, 1.807) is 6.07 Å². The third-order valence-corrected chi connectivity index (χ3v) is 3.47. The van der Waals surface area contributed by atoms with Gasteiger partial charge in [0.1, 0.15) is 18.2 Å². The van der Waals surface area contributed by atoms with Crippen LogP contribution in [0, 0.1) is 17.1 Å². The summed E-state index contributed by atoms with van der Waals surface area (Å²) in [6.45, 7) is 1.06. The fraction of sp³-hybridized carbons (Fsp3) is 0.333. The molecule has 1 aliphatic heterocycles. The number of nitriles is 1. The zero-order chi connectivity index (χ0) is 16.8. The summed E-state index contributed by atoms with van der Waals surface area (Å²) in [6, 6.07) is 6.39. The van der Waals surface area contributed by atoms with Crippen molar-refractivity contribution < 1.29 is 13.9 Å². The molecule has 2 aromatic rings. The predicted molar refractivity (Wildman–Crippen MR) is 82.3 cm³/mol. The van der Waals surface area contributed by atoms with E-state index in [1.807, 2.05) is 6.07 Å². The summed E-state index contributed by atoms with van der Waals surface area (Å²) < 4.78 is 25.0. The van der Waals surface area contributed by atoms with Gasteiger partial charge in [-0.15, -0.1) is 10.2 Å². The third kappa shape index (κ3) is 3.85. The summed E-state index contributed by atoms with van der Waals surface area (Å²) in [6.07, 6.45) is 3.34. The van der Waals surface area contributed by atoms with E-state index >= 15 is 0 Å². The van der Waals surface area contributed by atoms with Gasteiger partial charge < -0.3 is 14.8 Å². The average molecular weight is 330 g/mol. The molecule has 1 fully saturated rings. The van der Waals surface area contributed by atoms with Gasteiger partial charge in [0.05, 0.1) is 6.10 Å². The van der Waals surface area contributed by atoms with Gasteiger partial charge >= 0.3 is 0 Å². The predicted octanol–water partition coefficient (Wildman–Crippen LogP) is 1.87. The molecule has 1 unspecified atom stereocenters. The lowest BCUT2D eigenvalue weighted by Crippen LogP contribution is -2.16. The zero-order valence-corrected chi connectivity index (χ0v) is 12.7. The highest BCUT2D eigenvalue weighted by molar-refractivity contribution is 5.74. The quantitative estimate of drug-likeness (QED) is 0.778. The number of halogens is 1. The van der Waals surface area contributed by atoms with Crippen LogP contribution in [0.5, 0.6) is 5.75 Å². The standard InChI is InChI=1S/C15H15FN6O2/c16-13-6-11(18-8-10(7-17)15-19-21-22-20-15)3-4-14(13)24-9-12-2-1-5-23-12/h3-4,6,8,12,18H,1-2,5,9H2,(H,19,20,21,22). The Hall–Kier alpha value is -2.99. The van der Waals surface area contributed by atoms with Gasteiger partial charge in [0.25, 0.3) is 0 Å². The molecule has 0 spiro atoms. The maximum absolute atomic E-state index is 14.1. The number of hydrogen-bond acceptors (Lipinski definition) is 7. The molecule has 9 heteroatoms. The highest BCUT2D eigenvalue weighted by Crippen LogP contribution is 2.23. The summed E-state index contributed by atoms with van der Waals surface area (Å²) in [5, 5.41) is 24.9. The van der Waals surface area contributed by atoms with Gasteiger partial charge in [0.2, 0.25) is 5.82 Å². The third-order valence-electron chi connectivity index (χ3n) is 3.47. The molecule has 2 heterocycles. The van der Waals surface area contributed by atoms with Crippen LogP contribution >= 0.6 is 0 Å². The maximum Gasteiger partial charge on any atom is 0.216 e. The van der Waals surface area contributed by atoms with E-state index in [-0.39, 0.29) is 23.3 Å². The number of aromatic amines is 1. The van der Waals surface area contributed by atoms with Gasteiger partial charge in [-0.3, -0.25) is 0 Å². The van der Waals surface area contributed by atoms with Gasteiger partial charge in [-0.1, -0.05) is 0 Å². The molecular formula is C15H15FN6O2. The van der Waals surface area contributed by atoms with Crippen molar-refractivity contribution >= 4 is 11.3 Å². The second-order valence-electron chi connectivity index (χ2n) is 5.14. The molecule has 0 radical (unpaired) electrons. The van der Waals surface area contributed by atoms with Crippen molar-refractivity contribution in [3.05, 3.63) is 36.0 Å². The summed E-state index contributed by atoms with van der Waals surface area (Å²) in [5.74, 6) is -0.176. The minimum Gasteiger partial charge on any atom is -0.488 e. The minimum absolute atomic E-state index is 0.0262. The Balaban J connectivity index is 1.62. The number of hydrogen-bond donors (Lipinski definition) is 2. The molecule has 1 saturated heterocycles. The first kappa shape index (κ1) is 15.9. The average Bonchev–Trinajstić information content (AvgIpc) is 3.28. The number of aromatic nitrogens is 4. The number of allylic oxidation sites excluding steroid dienone is 1. The van der Waals surface area contributed by atoms with E-state index in [1.165, 1.54) is 18.3 Å². The van der Waals surface area contributed by atoms with Crippen LogP contribution in [0.4, 0.5) is 10.1 Å². The Morgan fingerprint density at radius 2 is 2.50 bits per heavy atom. The maximum atomic E-state index is 14.1. The summed E-state index contributed by atoms with van der Waals surface area (Å²) in [5.41, 5.74) is 0.635. The topological polar surface area (TPSA) is 109 Å². The molecule has 0 amide bonds. The summed E-state index contributed by atoms with van der Waals surface area (Å²) >= 11 is 0. The van der Waals surface area contributed by atoms with Crippen molar-refractivity contribution in [2.45, 2.75) is 18.9 Å². The minimum atomic E-state index is -0.496. The molecule has 1 aromatic heterocycles. The van der Waals surface area contributed by atoms with Gasteiger partial charge in [0.15, 0.2) is 11.6 Å². The lowest BCUT2D eigenvalue weighted by molar-refractivity contribution is 0.0666. The molecule has 0 aliphatic carbocycles. The van der Waals surface area contributed by atoms with Crippen LogP contribution in [0.2, 0.25) is 0 Å². The summed E-state index contributed by atoms with van der Waals surface area (Å²) in [4.78, 5) is 0. The van der Waals surface area contributed by atoms with E-state index in [9.17, 15) is 4.39 Å². The second kappa shape index (κ2) is 7.52. The molecule has 3 rings (SSSR count). The fourth-order valence-electron chi connectivity index (χ4n) is 2.24. The molecule has 24 heavy (non-hydrogen) atoms. The van der Waals surface area contributed by atoms with E-state index in [2.05, 4.69) is 25.9 Å². The Morgan fingerprint density at radius 1 is 1.58 bits per heavy atom. The first-order valence-electron chi connectivity index (χ1n) is 7.41. The molecule has 1 aliphatic rings. The SMILES string of the molecule is N#CC(=CNc1ccc(OCC2CCCO2)c(F)c1)c1nn[nH]n1. The number of anilines is 1. The van der Waals surface area contributed by atoms with Gasteiger partial charge in [-0.25, -0.2) is 4.39 Å². The molecule has 2 N–H and O–H groups in total. The fourth-order valence-corrected chi connectivity index (χ4v) is 2.24. The molecule has 124 valence electrons. The molecule has 0 bridgehead atoms. The van der Waals surface area contributed by atoms with Crippen LogP contribution < -0.4 is 10.1 Å². The van der Waals surface area contributed by atoms with Crippen molar-refractivity contribution in [2.24, 2.45) is 0 Å². The van der Waals surface area contributed by atoms with Crippen molar-refractivity contribution in [2.75, 3.05) is 18.5 Å². The Morgan fingerprint density at radius 3 is 3.17 bits per heavy atom. The number of nitrogens with zero attached hydrogens (tertiary/aromatic N) is 4. The van der Waals surface area contributed by atoms with Crippen LogP contribution in [0.1, 0.15) is 18.7 Å². The lowest BCUT2D eigenvalue weighted by Gasteiger charge is -2.12.